The number of carboxylic acids is 1. The Hall–Kier alpha value is -6.64. The molecule has 16 nitrogen and oxygen atoms in total. The Balaban J connectivity index is 0.000000218. The number of rotatable bonds is 13. The van der Waals surface area contributed by atoms with Gasteiger partial charge in [-0.3, -0.25) is 0 Å². The maximum absolute atomic E-state index is 14.8. The number of carbonyl (C=O) groups excluding carboxylic acids is 2. The summed E-state index contributed by atoms with van der Waals surface area (Å²) in [6, 6.07) is 9.98. The molecule has 326 valence electrons. The number of aryl methyl sites for hydroxylation is 1. The van der Waals surface area contributed by atoms with Crippen LogP contribution in [0.5, 0.6) is 0 Å². The summed E-state index contributed by atoms with van der Waals surface area (Å²) in [5.74, 6) is -4.35. The topological polar surface area (TPSA) is 184 Å². The number of amides is 4. The second-order valence-electron chi connectivity index (χ2n) is 14.5. The van der Waals surface area contributed by atoms with E-state index in [0.29, 0.717) is 55.0 Å². The Morgan fingerprint density at radius 1 is 0.742 bits per heavy atom. The molecule has 2 aliphatic heterocycles. The Labute approximate surface area is 358 Å². The van der Waals surface area contributed by atoms with Crippen LogP contribution in [0.15, 0.2) is 54.6 Å². The lowest BCUT2D eigenvalue weighted by molar-refractivity contribution is 0.0696. The molecule has 0 aliphatic carbocycles. The van der Waals surface area contributed by atoms with Gasteiger partial charge >= 0.3 is 18.0 Å². The van der Waals surface area contributed by atoms with E-state index in [1.807, 2.05) is 44.9 Å². The predicted molar refractivity (Wildman–Crippen MR) is 226 cm³/mol. The molecule has 4 amide bonds. The van der Waals surface area contributed by atoms with Crippen LogP contribution in [0.4, 0.5) is 62.1 Å². The zero-order valence-electron chi connectivity index (χ0n) is 34.3. The summed E-state index contributed by atoms with van der Waals surface area (Å²) in [4.78, 5) is 60.1. The first-order chi connectivity index (χ1) is 29.6. The van der Waals surface area contributed by atoms with Crippen molar-refractivity contribution in [2.45, 2.75) is 26.4 Å². The number of nitrogens with one attached hydrogen (secondary N) is 4. The predicted octanol–water partition coefficient (Wildman–Crippen LogP) is 6.76. The van der Waals surface area contributed by atoms with Gasteiger partial charge in [0.15, 0.2) is 11.6 Å². The molecule has 7 rings (SSSR count). The number of fused-ring (bicyclic) bond motifs is 2. The number of anilines is 6. The molecule has 0 radical (unpaired) electrons. The average Bonchev–Trinajstić information content (AvgIpc) is 3.21. The van der Waals surface area contributed by atoms with Crippen molar-refractivity contribution in [3.63, 3.8) is 0 Å². The molecule has 2 aromatic heterocycles. The molecule has 3 aromatic carbocycles. The monoisotopic (exact) mass is 878 g/mol. The summed E-state index contributed by atoms with van der Waals surface area (Å²) in [6.45, 7) is 4.34. The number of benzene rings is 3. The molecule has 0 saturated heterocycles. The fraction of sp³-hybridized carbons (Fsp3) is 0.293. The maximum Gasteiger partial charge on any atom is 0.335 e. The maximum atomic E-state index is 14.8. The molecule has 5 aromatic rings. The number of carbonyl (C=O) groups is 3. The third-order valence-corrected chi connectivity index (χ3v) is 9.89. The fourth-order valence-electron chi connectivity index (χ4n) is 6.50. The lowest BCUT2D eigenvalue weighted by Crippen LogP contribution is -2.43. The van der Waals surface area contributed by atoms with E-state index in [1.165, 1.54) is 24.3 Å². The van der Waals surface area contributed by atoms with Crippen LogP contribution in [0, 0.1) is 23.3 Å². The summed E-state index contributed by atoms with van der Waals surface area (Å²) in [7, 11) is 7.63. The molecule has 0 bridgehead atoms. The van der Waals surface area contributed by atoms with Gasteiger partial charge < -0.3 is 36.2 Å². The average molecular weight is 879 g/mol. The van der Waals surface area contributed by atoms with E-state index in [1.54, 1.807) is 6.07 Å². The van der Waals surface area contributed by atoms with Crippen LogP contribution in [-0.2, 0) is 19.5 Å². The zero-order chi connectivity index (χ0) is 44.8. The van der Waals surface area contributed by atoms with Crippen molar-refractivity contribution in [1.82, 2.24) is 40.4 Å². The van der Waals surface area contributed by atoms with Crippen LogP contribution >= 0.6 is 11.6 Å². The van der Waals surface area contributed by atoms with Gasteiger partial charge in [-0.15, -0.1) is 0 Å². The third-order valence-electron chi connectivity index (χ3n) is 9.58. The smallest absolute Gasteiger partial charge is 0.335 e. The molecule has 62 heavy (non-hydrogen) atoms. The number of carboxylic acid groups (broad SMARTS) is 1. The SMILES string of the molecule is CCc1ccc(C(=O)O)cc1-c1nc(NCCN(C)C)nc2c1CNC(=O)N2c1c(F)cccc1F.CN(C)CCNc1nc(Cl)c2c(n1)N(c1c(F)cccc1F)C(=O)NC2. The lowest BCUT2D eigenvalue weighted by atomic mass is 9.95. The summed E-state index contributed by atoms with van der Waals surface area (Å²) in [6.07, 6.45) is 0.579. The second-order valence-corrected chi connectivity index (χ2v) is 14.8. The highest BCUT2D eigenvalue weighted by molar-refractivity contribution is 6.31. The first kappa shape index (κ1) is 44.9. The van der Waals surface area contributed by atoms with Gasteiger partial charge in [-0.25, -0.2) is 51.7 Å². The standard InChI is InChI=1S/C25H26F2N6O3.C16H17ClF2N6O/c1-4-14-8-9-15(23(34)35)12-16(14)20-17-13-29-25(36)33(21-18(26)6-5-7-19(21)27)22(17)31-24(30-20)28-10-11-32(2)3;1-24(2)7-6-20-15-22-13(17)9-8-21-16(26)25(14(9)23-15)12-10(18)4-3-5-11(12)19/h5-9,12H,4,10-11,13H2,1-3H3,(H,29,36)(H,34,35)(H,28,30,31);3-5H,6-8H2,1-2H3,(H,21,26)(H,20,22,23). The molecular formula is C41H43ClF4N12O4. The number of hydrogen-bond donors (Lipinski definition) is 5. The number of para-hydroxylation sites is 2. The van der Waals surface area contributed by atoms with Crippen molar-refractivity contribution in [2.24, 2.45) is 0 Å². The van der Waals surface area contributed by atoms with Gasteiger partial charge in [-0.05, 0) is 76.6 Å². The summed E-state index contributed by atoms with van der Waals surface area (Å²) in [5, 5.41) is 20.9. The number of aromatic nitrogens is 4. The highest BCUT2D eigenvalue weighted by Crippen LogP contribution is 2.40. The molecule has 2 aliphatic rings. The summed E-state index contributed by atoms with van der Waals surface area (Å²) < 4.78 is 58.0. The minimum atomic E-state index is -1.10. The minimum Gasteiger partial charge on any atom is -0.478 e. The number of likely N-dealkylation sites (N-methyl/N-ethyl adjacent to an activating group) is 2. The molecular weight excluding hydrogens is 836 g/mol. The van der Waals surface area contributed by atoms with Crippen molar-refractivity contribution in [2.75, 3.05) is 74.8 Å². The molecule has 21 heteroatoms. The van der Waals surface area contributed by atoms with E-state index >= 15 is 0 Å². The van der Waals surface area contributed by atoms with Crippen LogP contribution < -0.4 is 31.1 Å². The van der Waals surface area contributed by atoms with Gasteiger partial charge in [-0.2, -0.15) is 9.97 Å². The van der Waals surface area contributed by atoms with E-state index in [4.69, 9.17) is 11.6 Å². The zero-order valence-corrected chi connectivity index (χ0v) is 35.0. The Bertz CT molecular complexity index is 2470. The molecule has 0 saturated carbocycles. The van der Waals surface area contributed by atoms with Crippen LogP contribution in [-0.4, -0.2) is 107 Å². The largest absolute Gasteiger partial charge is 0.478 e. The Kier molecular flexibility index (Phi) is 14.0. The van der Waals surface area contributed by atoms with Crippen LogP contribution in [0.3, 0.4) is 0 Å². The molecule has 0 spiro atoms. The molecule has 0 atom stereocenters. The Morgan fingerprint density at radius 3 is 1.68 bits per heavy atom. The summed E-state index contributed by atoms with van der Waals surface area (Å²) >= 11 is 6.20. The molecule has 5 N–H and O–H groups in total. The second kappa shape index (κ2) is 19.4. The van der Waals surface area contributed by atoms with Gasteiger partial charge in [0.05, 0.1) is 29.9 Å². The van der Waals surface area contributed by atoms with Gasteiger partial charge in [0.2, 0.25) is 11.9 Å². The van der Waals surface area contributed by atoms with Crippen molar-refractivity contribution in [3.8, 4) is 11.3 Å². The normalized spacial score (nSPS) is 13.2. The van der Waals surface area contributed by atoms with Gasteiger partial charge in [0.1, 0.15) is 39.8 Å². The van der Waals surface area contributed by atoms with Gasteiger partial charge in [0.25, 0.3) is 0 Å². The van der Waals surface area contributed by atoms with E-state index in [9.17, 15) is 37.1 Å². The van der Waals surface area contributed by atoms with E-state index < -0.39 is 52.7 Å². The van der Waals surface area contributed by atoms with E-state index in [2.05, 4.69) is 41.2 Å². The third kappa shape index (κ3) is 9.77. The van der Waals surface area contributed by atoms with Gasteiger partial charge in [-0.1, -0.05) is 36.7 Å². The lowest BCUT2D eigenvalue weighted by Gasteiger charge is -2.31. The van der Waals surface area contributed by atoms with Crippen LogP contribution in [0.1, 0.15) is 34.0 Å². The molecule has 0 fully saturated rings. The number of nitrogens with zero attached hydrogens (tertiary/aromatic N) is 8. The molecule has 4 heterocycles. The van der Waals surface area contributed by atoms with Crippen molar-refractivity contribution in [1.29, 1.82) is 0 Å². The van der Waals surface area contributed by atoms with Crippen molar-refractivity contribution >= 4 is 64.5 Å². The molecule has 0 unspecified atom stereocenters. The first-order valence-corrected chi connectivity index (χ1v) is 19.6. The summed E-state index contributed by atoms with van der Waals surface area (Å²) in [5.41, 5.74) is 1.51. The highest BCUT2D eigenvalue weighted by Gasteiger charge is 2.35. The van der Waals surface area contributed by atoms with Crippen molar-refractivity contribution in [3.05, 3.63) is 105 Å². The quantitative estimate of drug-likeness (QED) is 0.0620. The fourth-order valence-corrected chi connectivity index (χ4v) is 6.73. The first-order valence-electron chi connectivity index (χ1n) is 19.2. The van der Waals surface area contributed by atoms with Crippen LogP contribution in [0.25, 0.3) is 11.3 Å². The number of urea groups is 2. The van der Waals surface area contributed by atoms with Crippen LogP contribution in [0.2, 0.25) is 5.15 Å². The Morgan fingerprint density at radius 2 is 1.21 bits per heavy atom. The number of hydrogen-bond acceptors (Lipinski definition) is 11. The number of aromatic carboxylic acids is 1. The highest BCUT2D eigenvalue weighted by atomic mass is 35.5. The van der Waals surface area contributed by atoms with Gasteiger partial charge in [0, 0.05) is 37.3 Å². The van der Waals surface area contributed by atoms with E-state index in [-0.39, 0.29) is 47.3 Å². The van der Waals surface area contributed by atoms with Crippen molar-refractivity contribution < 1.29 is 37.1 Å². The number of halogens is 5. The van der Waals surface area contributed by atoms with E-state index in [0.717, 1.165) is 39.6 Å². The minimum absolute atomic E-state index is 0.00545.